The van der Waals surface area contributed by atoms with Gasteiger partial charge in [0.25, 0.3) is 0 Å². The first kappa shape index (κ1) is 101. The minimum absolute atomic E-state index is 0.0856. The predicted molar refractivity (Wildman–Crippen MR) is 423 cm³/mol. The van der Waals surface area contributed by atoms with Crippen LogP contribution in [0.2, 0.25) is 0 Å². The highest BCUT2D eigenvalue weighted by Gasteiger charge is 2.30. The third-order valence-electron chi connectivity index (χ3n) is 19.5. The fourth-order valence-electron chi connectivity index (χ4n) is 12.5. The van der Waals surface area contributed by atoms with Crippen molar-refractivity contribution in [2.75, 3.05) is 39.6 Å². The molecule has 3 N–H and O–H groups in total. The van der Waals surface area contributed by atoms with Crippen molar-refractivity contribution in [3.63, 3.8) is 0 Å². The SMILES string of the molecule is CCCCCC/C=C\C=C/CCCCCCCC(=O)O[C@H](COC(=O)CCCCCCCCCCCC)COP(=O)(O)OC[C@H](O)COP(=O)(O)OC[C@@H](COC(=O)CCCCCCCCCCCCCCCCCC)OC(=O)CCCCCCCCCCCCCCCCCCCCC(C)CC. The summed E-state index contributed by atoms with van der Waals surface area (Å²) >= 11 is 0. The van der Waals surface area contributed by atoms with Crippen molar-refractivity contribution in [1.29, 1.82) is 0 Å². The number of phosphoric acid groups is 2. The van der Waals surface area contributed by atoms with Gasteiger partial charge >= 0.3 is 39.5 Å². The summed E-state index contributed by atoms with van der Waals surface area (Å²) in [5.41, 5.74) is 0. The summed E-state index contributed by atoms with van der Waals surface area (Å²) in [5, 5.41) is 10.7. The molecule has 608 valence electrons. The number of aliphatic hydroxyl groups is 1. The Morgan fingerprint density at radius 3 is 0.825 bits per heavy atom. The van der Waals surface area contributed by atoms with Crippen molar-refractivity contribution >= 4 is 39.5 Å². The van der Waals surface area contributed by atoms with Gasteiger partial charge in [0.1, 0.15) is 19.3 Å². The molecule has 3 unspecified atom stereocenters. The quantitative estimate of drug-likeness (QED) is 0.0169. The van der Waals surface area contributed by atoms with E-state index in [-0.39, 0.29) is 25.7 Å². The van der Waals surface area contributed by atoms with Crippen LogP contribution in [0.25, 0.3) is 0 Å². The number of aliphatic hydroxyl groups excluding tert-OH is 1. The highest BCUT2D eigenvalue weighted by atomic mass is 31.2. The first-order chi connectivity index (χ1) is 50.1. The summed E-state index contributed by atoms with van der Waals surface area (Å²) in [4.78, 5) is 73.1. The monoisotopic (exact) mass is 1500 g/mol. The Balaban J connectivity index is 5.24. The first-order valence-electron chi connectivity index (χ1n) is 43.0. The molecule has 0 aromatic heterocycles. The topological polar surface area (TPSA) is 237 Å². The lowest BCUT2D eigenvalue weighted by molar-refractivity contribution is -0.161. The number of ether oxygens (including phenoxy) is 4. The largest absolute Gasteiger partial charge is 0.472 e. The average molecular weight is 1500 g/mol. The predicted octanol–water partition coefficient (Wildman–Crippen LogP) is 25.1. The molecule has 0 saturated heterocycles. The van der Waals surface area contributed by atoms with Gasteiger partial charge in [-0.3, -0.25) is 37.3 Å². The molecular weight excluding hydrogens is 1340 g/mol. The van der Waals surface area contributed by atoms with Crippen LogP contribution in [-0.4, -0.2) is 96.7 Å². The molecule has 0 aliphatic rings. The van der Waals surface area contributed by atoms with E-state index in [2.05, 4.69) is 58.9 Å². The Hall–Kier alpha value is -2.46. The normalized spacial score (nSPS) is 14.2. The highest BCUT2D eigenvalue weighted by molar-refractivity contribution is 7.47. The van der Waals surface area contributed by atoms with Crippen LogP contribution < -0.4 is 0 Å². The van der Waals surface area contributed by atoms with E-state index in [9.17, 15) is 43.2 Å². The van der Waals surface area contributed by atoms with Crippen LogP contribution in [0, 0.1) is 5.92 Å². The van der Waals surface area contributed by atoms with E-state index in [1.807, 2.05) is 0 Å². The number of hydrogen-bond acceptors (Lipinski definition) is 15. The van der Waals surface area contributed by atoms with Gasteiger partial charge < -0.3 is 33.8 Å². The lowest BCUT2D eigenvalue weighted by Crippen LogP contribution is -2.30. The maximum absolute atomic E-state index is 13.1. The molecule has 0 aliphatic heterocycles. The molecule has 0 bridgehead atoms. The summed E-state index contributed by atoms with van der Waals surface area (Å²) in [6.07, 6.45) is 71.5. The number of carbonyl (C=O) groups is 4. The third-order valence-corrected chi connectivity index (χ3v) is 21.4. The molecule has 0 radical (unpaired) electrons. The van der Waals surface area contributed by atoms with Crippen molar-refractivity contribution in [1.82, 2.24) is 0 Å². The van der Waals surface area contributed by atoms with Crippen LogP contribution in [0.5, 0.6) is 0 Å². The molecule has 0 amide bonds. The van der Waals surface area contributed by atoms with E-state index in [4.69, 9.17) is 37.0 Å². The summed E-state index contributed by atoms with van der Waals surface area (Å²) < 4.78 is 68.7. The van der Waals surface area contributed by atoms with Gasteiger partial charge in [0.15, 0.2) is 12.2 Å². The zero-order valence-electron chi connectivity index (χ0n) is 66.9. The van der Waals surface area contributed by atoms with Gasteiger partial charge in [-0.25, -0.2) is 9.13 Å². The van der Waals surface area contributed by atoms with Crippen molar-refractivity contribution in [2.24, 2.45) is 5.92 Å². The minimum atomic E-state index is -4.97. The summed E-state index contributed by atoms with van der Waals surface area (Å²) in [7, 11) is -9.93. The Labute approximate surface area is 631 Å². The molecule has 0 saturated carbocycles. The molecule has 0 aromatic carbocycles. The second kappa shape index (κ2) is 76.3. The molecule has 0 fully saturated rings. The summed E-state index contributed by atoms with van der Waals surface area (Å²) in [6.45, 7) is 7.34. The van der Waals surface area contributed by atoms with Crippen molar-refractivity contribution in [2.45, 2.75) is 445 Å². The van der Waals surface area contributed by atoms with Crippen molar-refractivity contribution < 1.29 is 80.2 Å². The van der Waals surface area contributed by atoms with E-state index < -0.39 is 97.5 Å². The van der Waals surface area contributed by atoms with E-state index in [0.717, 1.165) is 109 Å². The van der Waals surface area contributed by atoms with Crippen molar-refractivity contribution in [3.05, 3.63) is 24.3 Å². The Bertz CT molecular complexity index is 2060. The van der Waals surface area contributed by atoms with E-state index in [1.54, 1.807) is 0 Å². The van der Waals surface area contributed by atoms with Crippen LogP contribution in [0.4, 0.5) is 0 Å². The van der Waals surface area contributed by atoms with Gasteiger partial charge in [0.05, 0.1) is 26.4 Å². The summed E-state index contributed by atoms with van der Waals surface area (Å²) in [6, 6.07) is 0. The van der Waals surface area contributed by atoms with Crippen LogP contribution in [-0.2, 0) is 65.4 Å². The van der Waals surface area contributed by atoms with Gasteiger partial charge in [-0.05, 0) is 57.3 Å². The zero-order valence-corrected chi connectivity index (χ0v) is 68.7. The average Bonchev–Trinajstić information content (AvgIpc) is 0.921. The molecule has 0 rings (SSSR count). The second-order valence-electron chi connectivity index (χ2n) is 29.8. The molecule has 0 heterocycles. The lowest BCUT2D eigenvalue weighted by atomic mass is 9.99. The number of phosphoric ester groups is 2. The number of allylic oxidation sites excluding steroid dienone is 4. The van der Waals surface area contributed by atoms with Crippen LogP contribution in [0.3, 0.4) is 0 Å². The molecule has 6 atom stereocenters. The van der Waals surface area contributed by atoms with Gasteiger partial charge in [-0.15, -0.1) is 0 Å². The Morgan fingerprint density at radius 2 is 0.544 bits per heavy atom. The molecule has 0 spiro atoms. The van der Waals surface area contributed by atoms with Crippen LogP contribution in [0.1, 0.15) is 426 Å². The molecular formula is C84H160O17P2. The third kappa shape index (κ3) is 76.1. The molecule has 19 heteroatoms. The molecule has 0 aromatic rings. The molecule has 103 heavy (non-hydrogen) atoms. The van der Waals surface area contributed by atoms with Crippen LogP contribution in [0.15, 0.2) is 24.3 Å². The standard InChI is InChI=1S/C84H160O17P2/c1-6-10-13-16-19-22-25-27-29-36-39-43-48-53-58-63-68-82(87)95-74-80(101-84(89)70-65-60-55-50-45-41-37-33-31-30-32-35-38-42-46-51-56-61-66-77(5)9-4)76-99-103(92,93)97-72-78(85)71-96-102(90,91)98-75-79(73-94-81(86)67-62-57-52-47-24-21-18-15-12-8-3)100-83(88)69-64-59-54-49-44-40-34-28-26-23-20-17-14-11-7-2/h23,26,28,34,77-80,85H,6-22,24-25,27,29-33,35-76H2,1-5H3,(H,90,91)(H,92,93)/b26-23-,34-28-/t77?,78-,79+,80+/m0/s1. The number of hydrogen-bond donors (Lipinski definition) is 3. The lowest BCUT2D eigenvalue weighted by Gasteiger charge is -2.21. The van der Waals surface area contributed by atoms with Gasteiger partial charge in [0.2, 0.25) is 0 Å². The van der Waals surface area contributed by atoms with Gasteiger partial charge in [-0.2, -0.15) is 0 Å². The maximum atomic E-state index is 13.1. The summed E-state index contributed by atoms with van der Waals surface area (Å²) in [5.74, 6) is -1.26. The highest BCUT2D eigenvalue weighted by Crippen LogP contribution is 2.45. The molecule has 17 nitrogen and oxygen atoms in total. The first-order valence-corrected chi connectivity index (χ1v) is 46.0. The number of carbonyl (C=O) groups excluding carboxylic acids is 4. The fraction of sp³-hybridized carbons (Fsp3) is 0.905. The van der Waals surface area contributed by atoms with Crippen molar-refractivity contribution in [3.8, 4) is 0 Å². The fourth-order valence-corrected chi connectivity index (χ4v) is 14.1. The zero-order chi connectivity index (χ0) is 75.5. The number of unbranched alkanes of at least 4 members (excludes halogenated alkanes) is 50. The number of esters is 4. The van der Waals surface area contributed by atoms with E-state index in [0.29, 0.717) is 25.7 Å². The van der Waals surface area contributed by atoms with Gasteiger partial charge in [-0.1, -0.05) is 374 Å². The minimum Gasteiger partial charge on any atom is -0.462 e. The second-order valence-corrected chi connectivity index (χ2v) is 32.7. The van der Waals surface area contributed by atoms with E-state index >= 15 is 0 Å². The number of rotatable bonds is 82. The smallest absolute Gasteiger partial charge is 0.462 e. The maximum Gasteiger partial charge on any atom is 0.472 e. The Kier molecular flexibility index (Phi) is 74.5. The molecule has 0 aliphatic carbocycles. The van der Waals surface area contributed by atoms with Gasteiger partial charge in [0, 0.05) is 25.7 Å². The Morgan fingerprint density at radius 1 is 0.311 bits per heavy atom. The van der Waals surface area contributed by atoms with Crippen LogP contribution >= 0.6 is 15.6 Å². The van der Waals surface area contributed by atoms with E-state index in [1.165, 1.54) is 238 Å².